The Bertz CT molecular complexity index is 4170. The lowest BCUT2D eigenvalue weighted by molar-refractivity contribution is 0.669. The van der Waals surface area contributed by atoms with E-state index in [-0.39, 0.29) is 0 Å². The van der Waals surface area contributed by atoms with Crippen LogP contribution in [0.5, 0.6) is 0 Å². The Morgan fingerprint density at radius 2 is 0.873 bits per heavy atom. The summed E-state index contributed by atoms with van der Waals surface area (Å²) >= 11 is 0. The third-order valence-electron chi connectivity index (χ3n) is 13.0. The quantitative estimate of drug-likeness (QED) is 0.178. The van der Waals surface area contributed by atoms with Crippen molar-refractivity contribution in [2.75, 3.05) is 0 Å². The first-order valence-corrected chi connectivity index (χ1v) is 21.4. The van der Waals surface area contributed by atoms with Crippen LogP contribution < -0.4 is 0 Å². The molecule has 0 aliphatic carbocycles. The lowest BCUT2D eigenvalue weighted by Gasteiger charge is -2.13. The first-order chi connectivity index (χ1) is 31.2. The van der Waals surface area contributed by atoms with Crippen LogP contribution in [0.1, 0.15) is 0 Å². The maximum atomic E-state index is 6.27. The molecular weight excluding hydrogens is 769 g/mol. The second kappa shape index (κ2) is 13.0. The molecule has 14 aromatic rings. The van der Waals surface area contributed by atoms with E-state index in [0.29, 0.717) is 5.82 Å². The molecule has 292 valence electrons. The highest BCUT2D eigenvalue weighted by Gasteiger charge is 2.18. The molecule has 0 saturated heterocycles. The van der Waals surface area contributed by atoms with Crippen LogP contribution in [0, 0.1) is 0 Å². The van der Waals surface area contributed by atoms with Gasteiger partial charge in [0, 0.05) is 60.2 Å². The van der Waals surface area contributed by atoms with Gasteiger partial charge in [0.1, 0.15) is 11.2 Å². The summed E-state index contributed by atoms with van der Waals surface area (Å²) in [7, 11) is 0. The molecule has 4 heterocycles. The molecule has 0 spiro atoms. The molecule has 0 N–H and O–H groups in total. The smallest absolute Gasteiger partial charge is 0.160 e. The van der Waals surface area contributed by atoms with Gasteiger partial charge in [0.25, 0.3) is 0 Å². The van der Waals surface area contributed by atoms with Crippen LogP contribution in [0.4, 0.5) is 0 Å². The van der Waals surface area contributed by atoms with Crippen LogP contribution in [0.25, 0.3) is 132 Å². The Hall–Kier alpha value is -8.54. The molecule has 0 unspecified atom stereocenters. The fraction of sp³-hybridized carbons (Fsp3) is 0. The number of para-hydroxylation sites is 5. The van der Waals surface area contributed by atoms with E-state index in [1.807, 2.05) is 24.3 Å². The second-order valence-electron chi connectivity index (χ2n) is 16.6. The molecule has 14 rings (SSSR count). The Balaban J connectivity index is 0.911. The van der Waals surface area contributed by atoms with Gasteiger partial charge in [-0.15, -0.1) is 0 Å². The van der Waals surface area contributed by atoms with Crippen molar-refractivity contribution in [2.45, 2.75) is 0 Å². The van der Waals surface area contributed by atoms with Crippen LogP contribution in [0.2, 0.25) is 0 Å². The van der Waals surface area contributed by atoms with E-state index in [4.69, 9.17) is 14.4 Å². The van der Waals surface area contributed by atoms with Crippen LogP contribution in [-0.2, 0) is 0 Å². The Labute approximate surface area is 360 Å². The highest BCUT2D eigenvalue weighted by Crippen LogP contribution is 2.39. The molecule has 10 aromatic carbocycles. The number of aromatic nitrogens is 4. The Morgan fingerprint density at radius 3 is 1.62 bits per heavy atom. The number of hydrogen-bond acceptors (Lipinski definition) is 3. The van der Waals surface area contributed by atoms with Crippen molar-refractivity contribution < 1.29 is 4.42 Å². The highest BCUT2D eigenvalue weighted by molar-refractivity contribution is 6.15. The first kappa shape index (κ1) is 34.2. The van der Waals surface area contributed by atoms with Gasteiger partial charge in [0.2, 0.25) is 0 Å². The summed E-state index contributed by atoms with van der Waals surface area (Å²) in [5.41, 5.74) is 12.5. The van der Waals surface area contributed by atoms with Crippen molar-refractivity contribution in [2.24, 2.45) is 0 Å². The predicted octanol–water partition coefficient (Wildman–Crippen LogP) is 15.4. The normalized spacial score (nSPS) is 12.1. The maximum absolute atomic E-state index is 6.27. The van der Waals surface area contributed by atoms with Crippen LogP contribution in [-0.4, -0.2) is 19.1 Å². The van der Waals surface area contributed by atoms with Crippen LogP contribution >= 0.6 is 0 Å². The minimum absolute atomic E-state index is 0.666. The third kappa shape index (κ3) is 5.11. The Kier molecular flexibility index (Phi) is 7.05. The molecule has 5 heteroatoms. The van der Waals surface area contributed by atoms with Crippen molar-refractivity contribution in [1.82, 2.24) is 19.1 Å². The van der Waals surface area contributed by atoms with Crippen molar-refractivity contribution in [3.63, 3.8) is 0 Å². The summed E-state index contributed by atoms with van der Waals surface area (Å²) in [6.45, 7) is 0. The van der Waals surface area contributed by atoms with Crippen LogP contribution in [0.3, 0.4) is 0 Å². The second-order valence-corrected chi connectivity index (χ2v) is 16.6. The zero-order valence-corrected chi connectivity index (χ0v) is 33.8. The average Bonchev–Trinajstić information content (AvgIpc) is 3.99. The Morgan fingerprint density at radius 1 is 0.317 bits per heavy atom. The van der Waals surface area contributed by atoms with E-state index >= 15 is 0 Å². The maximum Gasteiger partial charge on any atom is 0.160 e. The zero-order chi connectivity index (χ0) is 41.2. The van der Waals surface area contributed by atoms with Crippen molar-refractivity contribution in [1.29, 1.82) is 0 Å². The lowest BCUT2D eigenvalue weighted by Crippen LogP contribution is -1.96. The fourth-order valence-electron chi connectivity index (χ4n) is 10.1. The fourth-order valence-corrected chi connectivity index (χ4v) is 10.1. The van der Waals surface area contributed by atoms with Gasteiger partial charge < -0.3 is 13.6 Å². The third-order valence-corrected chi connectivity index (χ3v) is 13.0. The molecule has 0 aliphatic rings. The zero-order valence-electron chi connectivity index (χ0n) is 33.8. The van der Waals surface area contributed by atoms with Gasteiger partial charge in [-0.2, -0.15) is 0 Å². The number of furan rings is 1. The molecule has 0 bridgehead atoms. The minimum Gasteiger partial charge on any atom is -0.456 e. The molecule has 0 saturated carbocycles. The molecule has 0 radical (unpaired) electrons. The van der Waals surface area contributed by atoms with Crippen molar-refractivity contribution in [3.8, 4) is 34.0 Å². The summed E-state index contributed by atoms with van der Waals surface area (Å²) in [5.74, 6) is 0.666. The minimum atomic E-state index is 0.666. The van der Waals surface area contributed by atoms with Gasteiger partial charge in [-0.05, 0) is 106 Å². The summed E-state index contributed by atoms with van der Waals surface area (Å²) < 4.78 is 11.1. The number of fused-ring (bicyclic) bond motifs is 12. The van der Waals surface area contributed by atoms with Gasteiger partial charge >= 0.3 is 0 Å². The summed E-state index contributed by atoms with van der Waals surface area (Å²) in [6, 6.07) is 74.0. The lowest BCUT2D eigenvalue weighted by atomic mass is 10.0. The first-order valence-electron chi connectivity index (χ1n) is 21.4. The highest BCUT2D eigenvalue weighted by atomic mass is 16.3. The van der Waals surface area contributed by atoms with Crippen molar-refractivity contribution >= 4 is 98.0 Å². The number of nitrogens with zero attached hydrogens (tertiary/aromatic N) is 4. The standard InChI is InChI=1S/C58H34N4O/c1-6-16-50-48(15-1)57(60-58(59-50)38-25-28-47-46-14-5-10-20-55(46)63-56(47)34-38)37-22-21-35-23-26-42(30-39(35)29-37)62-53-19-9-4-13-45(53)49-32-40-31-41(27-24-36(40)33-54(49)62)61-51-17-7-2-11-43(51)44-12-3-8-18-52(44)61/h1-34H. The van der Waals surface area contributed by atoms with Gasteiger partial charge in [-0.3, -0.25) is 0 Å². The van der Waals surface area contributed by atoms with Gasteiger partial charge in [0.15, 0.2) is 5.82 Å². The predicted molar refractivity (Wildman–Crippen MR) is 261 cm³/mol. The number of rotatable bonds is 4. The molecule has 0 amide bonds. The van der Waals surface area contributed by atoms with Gasteiger partial charge in [0.05, 0.1) is 33.3 Å². The van der Waals surface area contributed by atoms with Crippen molar-refractivity contribution in [3.05, 3.63) is 206 Å². The van der Waals surface area contributed by atoms with E-state index in [1.54, 1.807) is 0 Å². The van der Waals surface area contributed by atoms with E-state index in [2.05, 4.69) is 191 Å². The molecule has 5 nitrogen and oxygen atoms in total. The van der Waals surface area contributed by atoms with E-state index in [1.165, 1.54) is 59.8 Å². The van der Waals surface area contributed by atoms with E-state index < -0.39 is 0 Å². The van der Waals surface area contributed by atoms with E-state index in [9.17, 15) is 0 Å². The van der Waals surface area contributed by atoms with Crippen LogP contribution in [0.15, 0.2) is 211 Å². The summed E-state index contributed by atoms with van der Waals surface area (Å²) in [5, 5.41) is 12.9. The number of hydrogen-bond donors (Lipinski definition) is 0. The average molecular weight is 803 g/mol. The molecular formula is C58H34N4O. The monoisotopic (exact) mass is 802 g/mol. The topological polar surface area (TPSA) is 48.8 Å². The molecule has 4 aromatic heterocycles. The SMILES string of the molecule is c1ccc2c(-c3ccc4ccc(-n5c6ccccc6c6cc7cc(-n8c9ccccc9c9ccccc98)ccc7cc65)cc4c3)nc(-c3ccc4c(c3)oc3ccccc34)nc2c1. The van der Waals surface area contributed by atoms with E-state index in [0.717, 1.165) is 66.4 Å². The summed E-state index contributed by atoms with van der Waals surface area (Å²) in [6.07, 6.45) is 0. The molecule has 0 fully saturated rings. The molecule has 0 atom stereocenters. The largest absolute Gasteiger partial charge is 0.456 e. The molecule has 0 aliphatic heterocycles. The summed E-state index contributed by atoms with van der Waals surface area (Å²) in [4.78, 5) is 10.4. The number of benzene rings is 10. The van der Waals surface area contributed by atoms with Gasteiger partial charge in [-0.25, -0.2) is 9.97 Å². The molecule has 63 heavy (non-hydrogen) atoms. The van der Waals surface area contributed by atoms with Gasteiger partial charge in [-0.1, -0.05) is 121 Å².